The maximum Gasteiger partial charge on any atom is 0.318 e. The van der Waals surface area contributed by atoms with Crippen LogP contribution in [0.4, 0.5) is 14.8 Å². The first-order valence-corrected chi connectivity index (χ1v) is 8.59. The van der Waals surface area contributed by atoms with E-state index in [1.165, 1.54) is 11.3 Å². The van der Waals surface area contributed by atoms with E-state index in [1.807, 2.05) is 9.80 Å². The van der Waals surface area contributed by atoms with Crippen LogP contribution in [0.2, 0.25) is 0 Å². The van der Waals surface area contributed by atoms with E-state index in [2.05, 4.69) is 15.2 Å². The predicted molar refractivity (Wildman–Crippen MR) is 81.2 cm³/mol. The lowest BCUT2D eigenvalue weighted by Crippen LogP contribution is -2.62. The highest BCUT2D eigenvalue weighted by atomic mass is 32.1. The zero-order valence-electron chi connectivity index (χ0n) is 12.6. The minimum absolute atomic E-state index is 0.000318. The van der Waals surface area contributed by atoms with Crippen LogP contribution >= 0.6 is 11.3 Å². The maximum absolute atomic E-state index is 12.7. The molecular formula is C14H15F2N5O2S. The van der Waals surface area contributed by atoms with Crippen molar-refractivity contribution in [3.63, 3.8) is 0 Å². The minimum atomic E-state index is -2.78. The molecule has 0 saturated carbocycles. The van der Waals surface area contributed by atoms with E-state index in [0.29, 0.717) is 18.0 Å². The highest BCUT2D eigenvalue weighted by Gasteiger charge is 2.42. The van der Waals surface area contributed by atoms with Crippen LogP contribution < -0.4 is 4.90 Å². The topological polar surface area (TPSA) is 75.4 Å². The van der Waals surface area contributed by atoms with E-state index in [4.69, 9.17) is 4.42 Å². The molecule has 10 heteroatoms. The lowest BCUT2D eigenvalue weighted by Gasteiger charge is -2.49. The summed E-state index contributed by atoms with van der Waals surface area (Å²) in [6.45, 7) is 1.03. The number of hydrogen-bond acceptors (Lipinski definition) is 7. The van der Waals surface area contributed by atoms with Crippen molar-refractivity contribution < 1.29 is 18.0 Å². The summed E-state index contributed by atoms with van der Waals surface area (Å²) in [6.07, 6.45) is 1.54. The first-order chi connectivity index (χ1) is 11.6. The third kappa shape index (κ3) is 2.64. The average molecular weight is 355 g/mol. The highest BCUT2D eigenvalue weighted by molar-refractivity contribution is 7.11. The molecule has 2 aliphatic rings. The van der Waals surface area contributed by atoms with Crippen molar-refractivity contribution in [1.82, 2.24) is 20.1 Å². The largest absolute Gasteiger partial charge is 0.402 e. The zero-order chi connectivity index (χ0) is 16.7. The van der Waals surface area contributed by atoms with Gasteiger partial charge in [0.2, 0.25) is 0 Å². The van der Waals surface area contributed by atoms with Gasteiger partial charge in [0.15, 0.2) is 0 Å². The number of amides is 1. The number of piperidine rings is 1. The third-order valence-corrected chi connectivity index (χ3v) is 5.25. The van der Waals surface area contributed by atoms with Crippen LogP contribution in [0.3, 0.4) is 0 Å². The van der Waals surface area contributed by atoms with Crippen LogP contribution in [0.1, 0.15) is 41.3 Å². The number of piperazine rings is 1. The molecule has 0 radical (unpaired) electrons. The predicted octanol–water partition coefficient (Wildman–Crippen LogP) is 2.35. The monoisotopic (exact) mass is 355 g/mol. The molecule has 2 aliphatic heterocycles. The Morgan fingerprint density at radius 3 is 2.62 bits per heavy atom. The summed E-state index contributed by atoms with van der Waals surface area (Å²) >= 11 is 1.32. The molecule has 4 heterocycles. The molecule has 2 aromatic heterocycles. The molecule has 1 amide bonds. The van der Waals surface area contributed by atoms with Crippen molar-refractivity contribution >= 4 is 23.3 Å². The molecule has 0 N–H and O–H groups in total. The number of hydrogen-bond donors (Lipinski definition) is 0. The lowest BCUT2D eigenvalue weighted by atomic mass is 9.91. The number of fused-ring (bicyclic) bond motifs is 2. The summed E-state index contributed by atoms with van der Waals surface area (Å²) in [6, 6.07) is 0.130. The summed E-state index contributed by atoms with van der Waals surface area (Å²) in [7, 11) is 0. The van der Waals surface area contributed by atoms with Gasteiger partial charge in [-0.25, -0.2) is 0 Å². The van der Waals surface area contributed by atoms with Gasteiger partial charge in [0.25, 0.3) is 11.8 Å². The molecule has 24 heavy (non-hydrogen) atoms. The van der Waals surface area contributed by atoms with Crippen molar-refractivity contribution in [1.29, 1.82) is 0 Å². The van der Waals surface area contributed by atoms with Gasteiger partial charge in [-0.1, -0.05) is 5.10 Å². The van der Waals surface area contributed by atoms with Crippen LogP contribution in [0.25, 0.3) is 0 Å². The molecular weight excluding hydrogens is 340 g/mol. The Morgan fingerprint density at radius 2 is 2.04 bits per heavy atom. The summed E-state index contributed by atoms with van der Waals surface area (Å²) < 4.78 is 30.5. The first kappa shape index (κ1) is 15.4. The number of alkyl halides is 2. The number of carbonyl (C=O) groups excluding carboxylic acids is 1. The number of thiazole rings is 1. The summed E-state index contributed by atoms with van der Waals surface area (Å²) in [4.78, 5) is 20.8. The van der Waals surface area contributed by atoms with Gasteiger partial charge in [-0.15, -0.1) is 16.4 Å². The first-order valence-electron chi connectivity index (χ1n) is 7.71. The Morgan fingerprint density at radius 1 is 1.29 bits per heavy atom. The lowest BCUT2D eigenvalue weighted by molar-refractivity contribution is 0.0652. The maximum atomic E-state index is 12.7. The zero-order valence-corrected chi connectivity index (χ0v) is 13.5. The second-order valence-corrected chi connectivity index (χ2v) is 6.83. The Hall–Kier alpha value is -2.10. The second-order valence-electron chi connectivity index (χ2n) is 5.95. The van der Waals surface area contributed by atoms with Crippen LogP contribution in [0.15, 0.2) is 16.1 Å². The molecule has 4 rings (SSSR count). The van der Waals surface area contributed by atoms with Gasteiger partial charge in [0.05, 0.1) is 23.8 Å². The van der Waals surface area contributed by atoms with E-state index >= 15 is 0 Å². The number of carbonyl (C=O) groups is 1. The number of nitrogens with zero attached hydrogens (tertiary/aromatic N) is 5. The Labute approximate surface area is 140 Å². The van der Waals surface area contributed by atoms with Gasteiger partial charge in [-0.3, -0.25) is 9.78 Å². The molecule has 128 valence electrons. The van der Waals surface area contributed by atoms with E-state index in [0.717, 1.165) is 19.3 Å². The molecule has 0 spiro atoms. The van der Waals surface area contributed by atoms with Gasteiger partial charge in [-0.05, 0) is 19.3 Å². The van der Waals surface area contributed by atoms with Gasteiger partial charge in [0.1, 0.15) is 4.88 Å². The standard InChI is InChI=1S/C14H15F2N5O2S/c15-11(16)12-18-19-14(23-12)21-8-2-1-3-9(21)6-20(5-8)13(22)10-4-17-7-24-10/h4,7-9,11H,1-3,5-6H2. The fraction of sp³-hybridized carbons (Fsp3) is 0.571. The molecule has 2 unspecified atom stereocenters. The summed E-state index contributed by atoms with van der Waals surface area (Å²) in [5, 5.41) is 7.20. The number of aromatic nitrogens is 3. The van der Waals surface area contributed by atoms with Gasteiger partial charge in [-0.2, -0.15) is 8.78 Å². The smallest absolute Gasteiger partial charge is 0.318 e. The van der Waals surface area contributed by atoms with Crippen molar-refractivity contribution in [3.8, 4) is 0 Å². The second kappa shape index (κ2) is 6.08. The Kier molecular flexibility index (Phi) is 3.91. The van der Waals surface area contributed by atoms with E-state index in [9.17, 15) is 13.6 Å². The molecule has 2 bridgehead atoms. The number of rotatable bonds is 3. The van der Waals surface area contributed by atoms with E-state index < -0.39 is 12.3 Å². The minimum Gasteiger partial charge on any atom is -0.402 e. The number of likely N-dealkylation sites (tertiary alicyclic amines) is 1. The highest BCUT2D eigenvalue weighted by Crippen LogP contribution is 2.34. The van der Waals surface area contributed by atoms with Gasteiger partial charge in [0, 0.05) is 13.1 Å². The molecule has 0 aliphatic carbocycles. The van der Waals surface area contributed by atoms with Crippen molar-refractivity contribution in [2.24, 2.45) is 0 Å². The van der Waals surface area contributed by atoms with Crippen LogP contribution in [-0.2, 0) is 0 Å². The molecule has 7 nitrogen and oxygen atoms in total. The number of halogens is 2. The van der Waals surface area contributed by atoms with Crippen molar-refractivity contribution in [2.45, 2.75) is 37.8 Å². The molecule has 2 atom stereocenters. The van der Waals surface area contributed by atoms with Crippen LogP contribution in [-0.4, -0.2) is 51.2 Å². The average Bonchev–Trinajstić information content (AvgIpc) is 3.24. The quantitative estimate of drug-likeness (QED) is 0.841. The van der Waals surface area contributed by atoms with E-state index in [-0.39, 0.29) is 24.0 Å². The van der Waals surface area contributed by atoms with Crippen LogP contribution in [0, 0.1) is 0 Å². The Bertz CT molecular complexity index is 709. The SMILES string of the molecule is O=C(c1cncs1)N1CC2CCCC(C1)N2c1nnc(C(F)F)o1. The Balaban J connectivity index is 1.55. The van der Waals surface area contributed by atoms with Crippen LogP contribution in [0.5, 0.6) is 0 Å². The fourth-order valence-corrected chi connectivity index (χ4v) is 4.07. The summed E-state index contributed by atoms with van der Waals surface area (Å²) in [5.74, 6) is -0.695. The summed E-state index contributed by atoms with van der Waals surface area (Å²) in [5.41, 5.74) is 1.63. The normalized spacial score (nSPS) is 23.8. The molecule has 2 saturated heterocycles. The van der Waals surface area contributed by atoms with Gasteiger partial charge >= 0.3 is 12.4 Å². The fourth-order valence-electron chi connectivity index (χ4n) is 3.48. The molecule has 0 aromatic carbocycles. The number of anilines is 1. The van der Waals surface area contributed by atoms with E-state index in [1.54, 1.807) is 11.7 Å². The molecule has 2 aromatic rings. The molecule has 2 fully saturated rings. The van der Waals surface area contributed by atoms with Gasteiger partial charge < -0.3 is 14.2 Å². The third-order valence-electron chi connectivity index (χ3n) is 4.49. The van der Waals surface area contributed by atoms with Crippen molar-refractivity contribution in [3.05, 3.63) is 22.5 Å². The van der Waals surface area contributed by atoms with Crippen molar-refractivity contribution in [2.75, 3.05) is 18.0 Å².